The third-order valence-electron chi connectivity index (χ3n) is 9.71. The summed E-state index contributed by atoms with van der Waals surface area (Å²) in [6.45, 7) is 10.1. The van der Waals surface area contributed by atoms with Crippen molar-refractivity contribution >= 4 is 32.3 Å². The van der Waals surface area contributed by atoms with Crippen LogP contribution in [0.5, 0.6) is 17.2 Å². The average molecular weight is 701 g/mol. The fourth-order valence-electron chi connectivity index (χ4n) is 7.28. The maximum Gasteiger partial charge on any atom is 0.205 e. The second kappa shape index (κ2) is 14.0. The summed E-state index contributed by atoms with van der Waals surface area (Å²) in [5.41, 5.74) is 5.86. The topological polar surface area (TPSA) is 73.8 Å². The van der Waals surface area contributed by atoms with E-state index in [0.29, 0.717) is 45.4 Å². The van der Waals surface area contributed by atoms with E-state index in [1.165, 1.54) is 0 Å². The zero-order chi connectivity index (χ0) is 35.9. The molecule has 0 saturated carbocycles. The van der Waals surface area contributed by atoms with Crippen LogP contribution in [0.2, 0.25) is 0 Å². The lowest BCUT2D eigenvalue weighted by Gasteiger charge is -2.34. The van der Waals surface area contributed by atoms with E-state index in [-0.39, 0.29) is 6.79 Å². The SMILES string of the molecule is COCOc1c(COCc2c3c(cc4ccccc24)COC(C)(C)O3)cc2ccccc2c1COCc1c2c(cc3ccccc13)COC(C)(C)O2. The van der Waals surface area contributed by atoms with Crippen molar-refractivity contribution in [2.24, 2.45) is 0 Å². The van der Waals surface area contributed by atoms with Crippen molar-refractivity contribution < 1.29 is 37.9 Å². The lowest BCUT2D eigenvalue weighted by molar-refractivity contribution is -0.181. The molecule has 8 heteroatoms. The van der Waals surface area contributed by atoms with Crippen LogP contribution in [0.15, 0.2) is 91.0 Å². The molecule has 0 atom stereocenters. The van der Waals surface area contributed by atoms with Crippen molar-refractivity contribution in [1.82, 2.24) is 0 Å². The smallest absolute Gasteiger partial charge is 0.205 e. The molecule has 0 aliphatic carbocycles. The number of benzene rings is 6. The first kappa shape index (κ1) is 34.4. The molecule has 0 amide bonds. The van der Waals surface area contributed by atoms with Crippen LogP contribution in [0.4, 0.5) is 0 Å². The van der Waals surface area contributed by atoms with Gasteiger partial charge in [-0.2, -0.15) is 0 Å². The second-order valence-electron chi connectivity index (χ2n) is 14.3. The Bertz CT molecular complexity index is 2270. The minimum Gasteiger partial charge on any atom is -0.467 e. The molecular weight excluding hydrogens is 656 g/mol. The van der Waals surface area contributed by atoms with Crippen molar-refractivity contribution in [1.29, 1.82) is 0 Å². The highest BCUT2D eigenvalue weighted by molar-refractivity contribution is 5.91. The van der Waals surface area contributed by atoms with Gasteiger partial charge in [0.15, 0.2) is 6.79 Å². The number of methoxy groups -OCH3 is 1. The number of hydrogen-bond donors (Lipinski definition) is 0. The normalized spacial score (nSPS) is 15.9. The van der Waals surface area contributed by atoms with E-state index >= 15 is 0 Å². The van der Waals surface area contributed by atoms with Crippen LogP contribution in [-0.2, 0) is 63.3 Å². The maximum atomic E-state index is 6.62. The lowest BCUT2D eigenvalue weighted by atomic mass is 9.98. The molecular formula is C44H44O8. The molecule has 0 aromatic heterocycles. The van der Waals surface area contributed by atoms with Crippen LogP contribution < -0.4 is 14.2 Å². The molecule has 0 fully saturated rings. The molecule has 0 N–H and O–H groups in total. The van der Waals surface area contributed by atoms with Crippen LogP contribution >= 0.6 is 0 Å². The Morgan fingerprint density at radius 1 is 0.558 bits per heavy atom. The summed E-state index contributed by atoms with van der Waals surface area (Å²) in [4.78, 5) is 0. The molecule has 0 bridgehead atoms. The second-order valence-corrected chi connectivity index (χ2v) is 14.3. The standard InChI is InChI=1S/C44H44O8/c1-43(2)49-22-32-19-29-13-7-10-16-35(29)38(41(32)51-43)25-46-21-31-18-28-12-6-9-15-34(28)37(40(31)48-27-45-5)24-47-26-39-36-17-11-8-14-30(36)20-33-23-50-44(3,4)52-42(33)39/h6-20H,21-27H2,1-5H3. The van der Waals surface area contributed by atoms with E-state index in [4.69, 9.17) is 37.9 Å². The van der Waals surface area contributed by atoms with E-state index in [2.05, 4.69) is 54.6 Å². The molecule has 52 heavy (non-hydrogen) atoms. The summed E-state index contributed by atoms with van der Waals surface area (Å²) in [5, 5.41) is 6.54. The Hall–Kier alpha value is -4.70. The first-order chi connectivity index (χ1) is 25.2. The van der Waals surface area contributed by atoms with Gasteiger partial charge in [0, 0.05) is 68.2 Å². The Balaban J connectivity index is 1.11. The van der Waals surface area contributed by atoms with Crippen LogP contribution in [0, 0.1) is 0 Å². The van der Waals surface area contributed by atoms with E-state index in [1.54, 1.807) is 7.11 Å². The Labute approximate surface area is 304 Å². The lowest BCUT2D eigenvalue weighted by Crippen LogP contribution is -2.35. The highest BCUT2D eigenvalue weighted by Gasteiger charge is 2.32. The van der Waals surface area contributed by atoms with E-state index in [1.807, 2.05) is 64.1 Å². The molecule has 2 aliphatic rings. The van der Waals surface area contributed by atoms with Crippen LogP contribution in [0.3, 0.4) is 0 Å². The van der Waals surface area contributed by atoms with Crippen molar-refractivity contribution in [2.75, 3.05) is 13.9 Å². The largest absolute Gasteiger partial charge is 0.467 e. The van der Waals surface area contributed by atoms with Crippen molar-refractivity contribution in [2.45, 2.75) is 78.9 Å². The minimum atomic E-state index is -0.739. The van der Waals surface area contributed by atoms with Crippen molar-refractivity contribution in [3.05, 3.63) is 124 Å². The number of ether oxygens (including phenoxy) is 8. The Morgan fingerprint density at radius 2 is 1.00 bits per heavy atom. The third-order valence-corrected chi connectivity index (χ3v) is 9.71. The van der Waals surface area contributed by atoms with Gasteiger partial charge >= 0.3 is 0 Å². The van der Waals surface area contributed by atoms with Crippen LogP contribution in [-0.4, -0.2) is 25.5 Å². The Morgan fingerprint density at radius 3 is 1.52 bits per heavy atom. The highest BCUT2D eigenvalue weighted by Crippen LogP contribution is 2.42. The molecule has 0 saturated heterocycles. The molecule has 6 aromatic carbocycles. The number of hydrogen-bond acceptors (Lipinski definition) is 8. The van der Waals surface area contributed by atoms with Gasteiger partial charge < -0.3 is 37.9 Å². The average Bonchev–Trinajstić information content (AvgIpc) is 3.13. The summed E-state index contributed by atoms with van der Waals surface area (Å²) < 4.78 is 49.7. The maximum absolute atomic E-state index is 6.62. The quantitative estimate of drug-likeness (QED) is 0.124. The van der Waals surface area contributed by atoms with Crippen LogP contribution in [0.25, 0.3) is 32.3 Å². The van der Waals surface area contributed by atoms with Gasteiger partial charge in [-0.15, -0.1) is 0 Å². The molecule has 268 valence electrons. The predicted molar refractivity (Wildman–Crippen MR) is 200 cm³/mol. The van der Waals surface area contributed by atoms with Crippen LogP contribution in [0.1, 0.15) is 61.1 Å². The summed E-state index contributed by atoms with van der Waals surface area (Å²) in [7, 11) is 1.62. The van der Waals surface area contributed by atoms with Gasteiger partial charge in [-0.3, -0.25) is 0 Å². The van der Waals surface area contributed by atoms with Gasteiger partial charge in [-0.1, -0.05) is 72.8 Å². The molecule has 6 aromatic rings. The molecule has 0 radical (unpaired) electrons. The summed E-state index contributed by atoms with van der Waals surface area (Å²) in [5.74, 6) is 0.870. The van der Waals surface area contributed by atoms with Crippen molar-refractivity contribution in [3.8, 4) is 17.2 Å². The highest BCUT2D eigenvalue weighted by atomic mass is 16.7. The molecule has 2 aliphatic heterocycles. The van der Waals surface area contributed by atoms with E-state index < -0.39 is 11.6 Å². The zero-order valence-electron chi connectivity index (χ0n) is 30.4. The van der Waals surface area contributed by atoms with Gasteiger partial charge in [0.1, 0.15) is 17.2 Å². The predicted octanol–water partition coefficient (Wildman–Crippen LogP) is 9.85. The monoisotopic (exact) mass is 700 g/mol. The summed E-state index contributed by atoms with van der Waals surface area (Å²) >= 11 is 0. The van der Waals surface area contributed by atoms with E-state index in [0.717, 1.165) is 77.2 Å². The van der Waals surface area contributed by atoms with Gasteiger partial charge in [0.05, 0.1) is 39.6 Å². The first-order valence-corrected chi connectivity index (χ1v) is 17.7. The van der Waals surface area contributed by atoms with Gasteiger partial charge in [-0.05, 0) is 50.5 Å². The Kier molecular flexibility index (Phi) is 9.28. The fraction of sp³-hybridized carbons (Fsp3) is 0.318. The first-order valence-electron chi connectivity index (χ1n) is 17.7. The number of rotatable bonds is 11. The fourth-order valence-corrected chi connectivity index (χ4v) is 7.28. The summed E-state index contributed by atoms with van der Waals surface area (Å²) in [6, 6.07) is 31.3. The minimum absolute atomic E-state index is 0.0812. The number of fused-ring (bicyclic) bond motifs is 5. The zero-order valence-corrected chi connectivity index (χ0v) is 30.4. The molecule has 8 rings (SSSR count). The van der Waals surface area contributed by atoms with Gasteiger partial charge in [0.2, 0.25) is 11.6 Å². The molecule has 0 spiro atoms. The van der Waals surface area contributed by atoms with E-state index in [9.17, 15) is 0 Å². The van der Waals surface area contributed by atoms with Crippen molar-refractivity contribution in [3.63, 3.8) is 0 Å². The molecule has 8 nitrogen and oxygen atoms in total. The third kappa shape index (κ3) is 6.80. The molecule has 0 unspecified atom stereocenters. The summed E-state index contributed by atoms with van der Waals surface area (Å²) in [6.07, 6.45) is 0. The van der Waals surface area contributed by atoms with Gasteiger partial charge in [-0.25, -0.2) is 0 Å². The van der Waals surface area contributed by atoms with Gasteiger partial charge in [0.25, 0.3) is 0 Å². The molecule has 2 heterocycles.